The fourth-order valence-corrected chi connectivity index (χ4v) is 2.32. The predicted molar refractivity (Wildman–Crippen MR) is 69.1 cm³/mol. The van der Waals surface area contributed by atoms with Gasteiger partial charge in [-0.15, -0.1) is 11.3 Å². The molecule has 0 bridgehead atoms. The van der Waals surface area contributed by atoms with Crippen molar-refractivity contribution in [2.24, 2.45) is 0 Å². The van der Waals surface area contributed by atoms with Crippen LogP contribution in [-0.2, 0) is 0 Å². The van der Waals surface area contributed by atoms with Gasteiger partial charge in [0.15, 0.2) is 0 Å². The molecule has 0 aliphatic rings. The van der Waals surface area contributed by atoms with Crippen LogP contribution in [0.4, 0.5) is 4.39 Å². The minimum Gasteiger partial charge on any atom is -0.240 e. The van der Waals surface area contributed by atoms with Crippen molar-refractivity contribution < 1.29 is 4.39 Å². The highest BCUT2D eigenvalue weighted by molar-refractivity contribution is 7.10. The molecule has 86 valence electrons. The summed E-state index contributed by atoms with van der Waals surface area (Å²) in [5.41, 5.74) is 1.80. The first-order valence-corrected chi connectivity index (χ1v) is 6.14. The zero-order valence-electron chi connectivity index (χ0n) is 9.64. The quantitative estimate of drug-likeness (QED) is 0.783. The third kappa shape index (κ3) is 2.69. The van der Waals surface area contributed by atoms with Gasteiger partial charge in [0, 0.05) is 10.9 Å². The number of halogens is 1. The SMILES string of the molecule is C[N+]#CC(C)c1nc(-c2ccc(F)cc2)cs1. The highest BCUT2D eigenvalue weighted by Gasteiger charge is 2.13. The molecule has 0 N–H and O–H groups in total. The van der Waals surface area contributed by atoms with Crippen molar-refractivity contribution in [3.63, 3.8) is 0 Å². The maximum atomic E-state index is 12.8. The second-order valence-corrected chi connectivity index (χ2v) is 4.54. The summed E-state index contributed by atoms with van der Waals surface area (Å²) in [6, 6.07) is 9.30. The third-order valence-corrected chi connectivity index (χ3v) is 3.38. The van der Waals surface area contributed by atoms with Crippen molar-refractivity contribution in [3.8, 4) is 17.3 Å². The lowest BCUT2D eigenvalue weighted by molar-refractivity contribution is 0.628. The molecule has 2 rings (SSSR count). The van der Waals surface area contributed by atoms with E-state index >= 15 is 0 Å². The van der Waals surface area contributed by atoms with Crippen LogP contribution in [-0.4, -0.2) is 12.0 Å². The van der Waals surface area contributed by atoms with E-state index in [9.17, 15) is 4.39 Å². The summed E-state index contributed by atoms with van der Waals surface area (Å²) < 4.78 is 12.8. The zero-order valence-corrected chi connectivity index (χ0v) is 10.5. The van der Waals surface area contributed by atoms with Crippen LogP contribution in [0.2, 0.25) is 0 Å². The van der Waals surface area contributed by atoms with Crippen LogP contribution in [0.1, 0.15) is 17.8 Å². The van der Waals surface area contributed by atoms with Gasteiger partial charge < -0.3 is 0 Å². The molecule has 0 fully saturated rings. The molecule has 0 saturated heterocycles. The largest absolute Gasteiger partial charge is 0.282 e. The van der Waals surface area contributed by atoms with Gasteiger partial charge in [0.25, 0.3) is 13.1 Å². The van der Waals surface area contributed by atoms with E-state index in [2.05, 4.69) is 15.9 Å². The number of rotatable bonds is 2. The minimum atomic E-state index is -0.232. The first kappa shape index (κ1) is 11.7. The van der Waals surface area contributed by atoms with E-state index in [1.807, 2.05) is 12.3 Å². The molecule has 0 amide bonds. The molecule has 2 aromatic rings. The van der Waals surface area contributed by atoms with Gasteiger partial charge in [-0.2, -0.15) is 0 Å². The van der Waals surface area contributed by atoms with E-state index in [0.717, 1.165) is 16.3 Å². The fraction of sp³-hybridized carbons (Fsp3) is 0.231. The van der Waals surface area contributed by atoms with E-state index in [1.54, 1.807) is 30.5 Å². The molecule has 1 heterocycles. The lowest BCUT2D eigenvalue weighted by atomic mass is 10.2. The van der Waals surface area contributed by atoms with E-state index in [0.29, 0.717) is 0 Å². The highest BCUT2D eigenvalue weighted by Crippen LogP contribution is 2.26. The van der Waals surface area contributed by atoms with Gasteiger partial charge in [0.1, 0.15) is 16.7 Å². The summed E-state index contributed by atoms with van der Waals surface area (Å²) in [7, 11) is 1.70. The normalized spacial score (nSPS) is 11.7. The maximum Gasteiger partial charge on any atom is 0.282 e. The molecule has 17 heavy (non-hydrogen) atoms. The summed E-state index contributed by atoms with van der Waals surface area (Å²) >= 11 is 1.57. The standard InChI is InChI=1S/C13H12FN2S/c1-9(7-15-2)13-16-12(8-17-13)10-3-5-11(14)6-4-10/h3-6,8-9H,1-2H3/q+1. The van der Waals surface area contributed by atoms with Crippen LogP contribution < -0.4 is 0 Å². The monoisotopic (exact) mass is 247 g/mol. The molecule has 0 saturated carbocycles. The lowest BCUT2D eigenvalue weighted by Gasteiger charge is -1.96. The summed E-state index contributed by atoms with van der Waals surface area (Å²) in [4.78, 5) is 8.37. The van der Waals surface area contributed by atoms with E-state index < -0.39 is 0 Å². The van der Waals surface area contributed by atoms with Crippen molar-refractivity contribution >= 4 is 11.3 Å². The van der Waals surface area contributed by atoms with Crippen molar-refractivity contribution in [1.82, 2.24) is 4.98 Å². The number of benzene rings is 1. The molecule has 1 aromatic heterocycles. The van der Waals surface area contributed by atoms with Gasteiger partial charge in [0.05, 0.1) is 5.69 Å². The van der Waals surface area contributed by atoms with Crippen LogP contribution in [0.25, 0.3) is 16.1 Å². The van der Waals surface area contributed by atoms with Gasteiger partial charge in [-0.05, 0) is 31.2 Å². The van der Waals surface area contributed by atoms with E-state index in [1.165, 1.54) is 12.1 Å². The summed E-state index contributed by atoms with van der Waals surface area (Å²) in [6.45, 7) is 2.00. The van der Waals surface area contributed by atoms with Crippen molar-refractivity contribution in [3.05, 3.63) is 45.3 Å². The summed E-state index contributed by atoms with van der Waals surface area (Å²) in [5.74, 6) is -0.136. The number of aromatic nitrogens is 1. The second kappa shape index (κ2) is 5.07. The molecule has 1 aromatic carbocycles. The van der Waals surface area contributed by atoms with Gasteiger partial charge >= 0.3 is 0 Å². The average Bonchev–Trinajstić information content (AvgIpc) is 2.80. The first-order valence-electron chi connectivity index (χ1n) is 5.26. The molecule has 0 radical (unpaired) electrons. The second-order valence-electron chi connectivity index (χ2n) is 3.65. The summed E-state index contributed by atoms with van der Waals surface area (Å²) in [5, 5.41) is 2.94. The molecular formula is C13H12FN2S+. The smallest absolute Gasteiger partial charge is 0.240 e. The Morgan fingerprint density at radius 3 is 2.71 bits per heavy atom. The molecule has 1 unspecified atom stereocenters. The molecule has 0 aliphatic carbocycles. The van der Waals surface area contributed by atoms with Crippen LogP contribution >= 0.6 is 11.3 Å². The molecular weight excluding hydrogens is 235 g/mol. The first-order chi connectivity index (χ1) is 8.20. The Balaban J connectivity index is 2.28. The number of nitrogens with zero attached hydrogens (tertiary/aromatic N) is 2. The van der Waals surface area contributed by atoms with Gasteiger partial charge in [-0.1, -0.05) is 4.85 Å². The van der Waals surface area contributed by atoms with Crippen LogP contribution in [0.3, 0.4) is 0 Å². The number of hydrogen-bond donors (Lipinski definition) is 0. The average molecular weight is 247 g/mol. The number of hydrogen-bond acceptors (Lipinski definition) is 2. The van der Waals surface area contributed by atoms with Gasteiger partial charge in [-0.25, -0.2) is 9.37 Å². The van der Waals surface area contributed by atoms with Crippen molar-refractivity contribution in [2.75, 3.05) is 7.05 Å². The molecule has 4 heteroatoms. The predicted octanol–water partition coefficient (Wildman–Crippen LogP) is 4.02. The molecule has 2 nitrogen and oxygen atoms in total. The van der Waals surface area contributed by atoms with Gasteiger partial charge in [0.2, 0.25) is 0 Å². The van der Waals surface area contributed by atoms with Crippen LogP contribution in [0, 0.1) is 11.9 Å². The van der Waals surface area contributed by atoms with E-state index in [-0.39, 0.29) is 11.7 Å². The Morgan fingerprint density at radius 1 is 1.35 bits per heavy atom. The highest BCUT2D eigenvalue weighted by atomic mass is 32.1. The van der Waals surface area contributed by atoms with E-state index in [4.69, 9.17) is 0 Å². The minimum absolute atomic E-state index is 0.0965. The van der Waals surface area contributed by atoms with Crippen LogP contribution in [0.15, 0.2) is 29.6 Å². The third-order valence-electron chi connectivity index (χ3n) is 2.36. The Hall–Kier alpha value is -1.73. The lowest BCUT2D eigenvalue weighted by Crippen LogP contribution is -1.88. The molecule has 1 atom stereocenters. The molecule has 0 aliphatic heterocycles. The Bertz CT molecular complexity index is 563. The fourth-order valence-electron chi connectivity index (χ4n) is 1.49. The zero-order chi connectivity index (χ0) is 12.3. The topological polar surface area (TPSA) is 17.2 Å². The van der Waals surface area contributed by atoms with Crippen LogP contribution in [0.5, 0.6) is 0 Å². The maximum absolute atomic E-state index is 12.8. The van der Waals surface area contributed by atoms with Gasteiger partial charge in [-0.3, -0.25) is 0 Å². The Kier molecular flexibility index (Phi) is 3.50. The molecule has 0 spiro atoms. The number of thiazole rings is 1. The van der Waals surface area contributed by atoms with Crippen molar-refractivity contribution in [1.29, 1.82) is 0 Å². The summed E-state index contributed by atoms with van der Waals surface area (Å²) in [6.07, 6.45) is 0. The van der Waals surface area contributed by atoms with Crippen molar-refractivity contribution in [2.45, 2.75) is 12.8 Å². The Labute approximate surface area is 104 Å². The Morgan fingerprint density at radius 2 is 2.06 bits per heavy atom.